The highest BCUT2D eigenvalue weighted by Gasteiger charge is 2.28. The van der Waals surface area contributed by atoms with E-state index in [1.54, 1.807) is 0 Å². The van der Waals surface area contributed by atoms with E-state index in [1.807, 2.05) is 0 Å². The Kier molecular flexibility index (Phi) is 3.82. The van der Waals surface area contributed by atoms with Crippen molar-refractivity contribution < 1.29 is 18.0 Å². The van der Waals surface area contributed by atoms with E-state index in [1.165, 1.54) is 12.1 Å². The predicted octanol–water partition coefficient (Wildman–Crippen LogP) is 1.26. The lowest BCUT2D eigenvalue weighted by molar-refractivity contribution is 0.100. The van der Waals surface area contributed by atoms with E-state index in [4.69, 9.17) is 11.6 Å². The van der Waals surface area contributed by atoms with Crippen molar-refractivity contribution in [3.8, 4) is 0 Å². The lowest BCUT2D eigenvalue weighted by Crippen LogP contribution is -2.25. The zero-order valence-corrected chi connectivity index (χ0v) is 11.2. The summed E-state index contributed by atoms with van der Waals surface area (Å²) in [5.74, 6) is -0.927. The molecular formula is C11H9ClN2O4S. The van der Waals surface area contributed by atoms with Crippen molar-refractivity contribution in [1.82, 2.24) is 4.72 Å². The van der Waals surface area contributed by atoms with Crippen LogP contribution in [-0.4, -0.2) is 26.4 Å². The van der Waals surface area contributed by atoms with Crippen LogP contribution in [0.1, 0.15) is 23.2 Å². The predicted molar refractivity (Wildman–Crippen MR) is 67.2 cm³/mol. The van der Waals surface area contributed by atoms with Crippen molar-refractivity contribution in [3.05, 3.63) is 28.8 Å². The summed E-state index contributed by atoms with van der Waals surface area (Å²) < 4.78 is 26.4. The molecule has 1 fully saturated rings. The summed E-state index contributed by atoms with van der Waals surface area (Å²) in [5, 5.41) is 0.0226. The maximum Gasteiger partial charge on any atom is 0.289 e. The quantitative estimate of drug-likeness (QED) is 0.669. The van der Waals surface area contributed by atoms with Gasteiger partial charge in [0.1, 0.15) is 0 Å². The highest BCUT2D eigenvalue weighted by atomic mass is 35.5. The molecule has 0 heterocycles. The largest absolute Gasteiger partial charge is 0.289 e. The molecule has 19 heavy (non-hydrogen) atoms. The third-order valence-electron chi connectivity index (χ3n) is 2.52. The summed E-state index contributed by atoms with van der Waals surface area (Å²) in [7, 11) is -3.69. The Morgan fingerprint density at radius 1 is 1.42 bits per heavy atom. The molecule has 0 bridgehead atoms. The Labute approximate surface area is 114 Å². The maximum atomic E-state index is 12.0. The molecule has 100 valence electrons. The van der Waals surface area contributed by atoms with Gasteiger partial charge in [-0.15, -0.1) is 4.99 Å². The van der Waals surface area contributed by atoms with Gasteiger partial charge in [-0.3, -0.25) is 4.79 Å². The molecule has 1 amide bonds. The number of amides is 1. The van der Waals surface area contributed by atoms with E-state index >= 15 is 0 Å². The number of carbonyl (C=O) groups excluding carboxylic acids is 2. The number of nitrogens with zero attached hydrogens (tertiary/aromatic N) is 1. The number of carbonyl (C=O) groups is 1. The molecule has 0 aliphatic heterocycles. The molecule has 1 saturated carbocycles. The zero-order valence-electron chi connectivity index (χ0n) is 9.59. The van der Waals surface area contributed by atoms with Gasteiger partial charge in [-0.05, 0) is 31.0 Å². The fraction of sp³-hybridized carbons (Fsp3) is 0.273. The standard InChI is InChI=1S/C11H9ClN2O4S/c12-10-4-3-8(5-9(10)11(16)13-6-15)19(17,18)14-7-1-2-7/h3-5,7,14H,1-2H2. The monoisotopic (exact) mass is 300 g/mol. The lowest BCUT2D eigenvalue weighted by Gasteiger charge is -2.07. The molecule has 0 unspecified atom stereocenters. The first kappa shape index (κ1) is 13.9. The van der Waals surface area contributed by atoms with Gasteiger partial charge in [0.15, 0.2) is 0 Å². The van der Waals surface area contributed by atoms with E-state index in [-0.39, 0.29) is 21.5 Å². The van der Waals surface area contributed by atoms with Crippen LogP contribution in [0.15, 0.2) is 28.1 Å². The normalized spacial score (nSPS) is 14.8. The molecule has 0 atom stereocenters. The van der Waals surface area contributed by atoms with Gasteiger partial charge in [-0.2, -0.15) is 0 Å². The first-order valence-electron chi connectivity index (χ1n) is 5.38. The number of nitrogens with one attached hydrogen (secondary N) is 1. The van der Waals surface area contributed by atoms with Gasteiger partial charge in [-0.25, -0.2) is 17.9 Å². The minimum Gasteiger partial charge on any atom is -0.266 e. The van der Waals surface area contributed by atoms with Gasteiger partial charge in [0, 0.05) is 6.04 Å². The van der Waals surface area contributed by atoms with Crippen molar-refractivity contribution in [2.24, 2.45) is 4.99 Å². The first-order valence-corrected chi connectivity index (χ1v) is 7.24. The lowest BCUT2D eigenvalue weighted by atomic mass is 10.2. The Morgan fingerprint density at radius 2 is 2.11 bits per heavy atom. The number of sulfonamides is 1. The van der Waals surface area contributed by atoms with Crippen LogP contribution in [0.5, 0.6) is 0 Å². The third-order valence-corrected chi connectivity index (χ3v) is 4.37. The smallest absolute Gasteiger partial charge is 0.266 e. The molecule has 1 aromatic carbocycles. The number of isocyanates is 1. The van der Waals surface area contributed by atoms with Crippen molar-refractivity contribution in [1.29, 1.82) is 0 Å². The van der Waals surface area contributed by atoms with Crippen LogP contribution in [0.4, 0.5) is 0 Å². The second-order valence-electron chi connectivity index (χ2n) is 4.05. The van der Waals surface area contributed by atoms with Crippen LogP contribution < -0.4 is 4.72 Å². The highest BCUT2D eigenvalue weighted by molar-refractivity contribution is 7.89. The van der Waals surface area contributed by atoms with Gasteiger partial charge in [0.25, 0.3) is 5.91 Å². The number of hydrogen-bond donors (Lipinski definition) is 1. The molecule has 6 nitrogen and oxygen atoms in total. The van der Waals surface area contributed by atoms with Crippen LogP contribution in [0, 0.1) is 0 Å². The highest BCUT2D eigenvalue weighted by Crippen LogP contribution is 2.25. The molecule has 0 radical (unpaired) electrons. The second kappa shape index (κ2) is 5.22. The molecule has 2 rings (SSSR count). The number of aliphatic imine (C=N–C) groups is 1. The van der Waals surface area contributed by atoms with Crippen LogP contribution >= 0.6 is 11.6 Å². The number of benzene rings is 1. The van der Waals surface area contributed by atoms with Crippen LogP contribution in [0.2, 0.25) is 5.02 Å². The average Bonchev–Trinajstić information content (AvgIpc) is 3.12. The van der Waals surface area contributed by atoms with Crippen molar-refractivity contribution in [2.75, 3.05) is 0 Å². The molecule has 0 spiro atoms. The van der Waals surface area contributed by atoms with Gasteiger partial charge in [0.2, 0.25) is 16.1 Å². The Hall–Kier alpha value is -1.53. The number of hydrogen-bond acceptors (Lipinski definition) is 4. The first-order chi connectivity index (χ1) is 8.94. The van der Waals surface area contributed by atoms with Crippen LogP contribution in [0.3, 0.4) is 0 Å². The maximum absolute atomic E-state index is 12.0. The van der Waals surface area contributed by atoms with Crippen LogP contribution in [-0.2, 0) is 14.8 Å². The van der Waals surface area contributed by atoms with E-state index in [0.29, 0.717) is 0 Å². The summed E-state index contributed by atoms with van der Waals surface area (Å²) in [4.78, 5) is 24.3. The van der Waals surface area contributed by atoms with Crippen LogP contribution in [0.25, 0.3) is 0 Å². The van der Waals surface area contributed by atoms with E-state index in [0.717, 1.165) is 25.0 Å². The summed E-state index contributed by atoms with van der Waals surface area (Å²) in [6, 6.07) is 3.61. The van der Waals surface area contributed by atoms with E-state index < -0.39 is 15.9 Å². The second-order valence-corrected chi connectivity index (χ2v) is 6.17. The molecule has 1 aliphatic rings. The van der Waals surface area contributed by atoms with Crippen molar-refractivity contribution in [3.63, 3.8) is 0 Å². The van der Waals surface area contributed by atoms with E-state index in [2.05, 4.69) is 9.71 Å². The number of halogens is 1. The molecule has 8 heteroatoms. The third kappa shape index (κ3) is 3.27. The zero-order chi connectivity index (χ0) is 14.0. The molecular weight excluding hydrogens is 292 g/mol. The molecule has 1 aromatic rings. The molecule has 0 aromatic heterocycles. The van der Waals surface area contributed by atoms with Crippen molar-refractivity contribution >= 4 is 33.6 Å². The number of rotatable bonds is 4. The fourth-order valence-corrected chi connectivity index (χ4v) is 2.95. The summed E-state index contributed by atoms with van der Waals surface area (Å²) in [6.07, 6.45) is 2.69. The Bertz CT molecular complexity index is 676. The molecule has 1 N–H and O–H groups in total. The fourth-order valence-electron chi connectivity index (χ4n) is 1.43. The Balaban J connectivity index is 2.40. The summed E-state index contributed by atoms with van der Waals surface area (Å²) >= 11 is 5.77. The topological polar surface area (TPSA) is 92.7 Å². The van der Waals surface area contributed by atoms with E-state index in [9.17, 15) is 18.0 Å². The van der Waals surface area contributed by atoms with Gasteiger partial charge >= 0.3 is 0 Å². The average molecular weight is 301 g/mol. The minimum absolute atomic E-state index is 0.0226. The van der Waals surface area contributed by atoms with Gasteiger partial charge in [-0.1, -0.05) is 11.6 Å². The summed E-state index contributed by atoms with van der Waals surface area (Å²) in [6.45, 7) is 0. The minimum atomic E-state index is -3.69. The van der Waals surface area contributed by atoms with Crippen molar-refractivity contribution in [2.45, 2.75) is 23.8 Å². The van der Waals surface area contributed by atoms with Gasteiger partial charge < -0.3 is 0 Å². The molecule has 0 saturated heterocycles. The van der Waals surface area contributed by atoms with Gasteiger partial charge in [0.05, 0.1) is 15.5 Å². The Morgan fingerprint density at radius 3 is 2.68 bits per heavy atom. The SMILES string of the molecule is O=C=NC(=O)c1cc(S(=O)(=O)NC2CC2)ccc1Cl. The summed E-state index contributed by atoms with van der Waals surface area (Å²) in [5.41, 5.74) is -0.149. The molecule has 1 aliphatic carbocycles.